The maximum absolute atomic E-state index is 12.1. The second-order valence-electron chi connectivity index (χ2n) is 9.10. The largest absolute Gasteiger partial charge is 0.504 e. The molecule has 0 amide bonds. The van der Waals surface area contributed by atoms with Crippen LogP contribution in [0.4, 0.5) is 0 Å². The summed E-state index contributed by atoms with van der Waals surface area (Å²) in [4.78, 5) is 2.60. The number of hydrogen-bond donors (Lipinski definition) is 2. The van der Waals surface area contributed by atoms with E-state index in [1.165, 1.54) is 24.8 Å². The molecule has 25 heavy (non-hydrogen) atoms. The average Bonchev–Trinajstić information content (AvgIpc) is 2.89. The molecule has 4 atom stereocenters. The van der Waals surface area contributed by atoms with Crippen LogP contribution < -0.4 is 4.74 Å². The number of rotatable bonds is 2. The van der Waals surface area contributed by atoms with Crippen molar-refractivity contribution in [1.82, 2.24) is 4.90 Å². The summed E-state index contributed by atoms with van der Waals surface area (Å²) in [6.45, 7) is 2.20. The molecule has 1 aromatic rings. The molecule has 6 rings (SSSR count). The molecule has 1 aromatic carbocycles. The summed E-state index contributed by atoms with van der Waals surface area (Å²) in [5.41, 5.74) is 1.45. The molecule has 2 aliphatic heterocycles. The van der Waals surface area contributed by atoms with Crippen molar-refractivity contribution < 1.29 is 14.9 Å². The lowest BCUT2D eigenvalue weighted by Gasteiger charge is -2.63. The van der Waals surface area contributed by atoms with Gasteiger partial charge in [0.2, 0.25) is 0 Å². The number of nitrogens with zero attached hydrogens (tertiary/aromatic N) is 1. The third kappa shape index (κ3) is 1.62. The van der Waals surface area contributed by atoms with Crippen LogP contribution in [0.5, 0.6) is 11.5 Å². The quantitative estimate of drug-likeness (QED) is 0.868. The highest BCUT2D eigenvalue weighted by atomic mass is 16.5. The van der Waals surface area contributed by atoms with Gasteiger partial charge in [-0.3, -0.25) is 4.90 Å². The van der Waals surface area contributed by atoms with Crippen LogP contribution in [-0.4, -0.2) is 45.9 Å². The number of aliphatic hydroxyl groups is 1. The lowest BCUT2D eigenvalue weighted by molar-refractivity contribution is -0.187. The van der Waals surface area contributed by atoms with Gasteiger partial charge >= 0.3 is 0 Å². The van der Waals surface area contributed by atoms with Gasteiger partial charge in [-0.1, -0.05) is 12.5 Å². The van der Waals surface area contributed by atoms with E-state index in [0.29, 0.717) is 5.75 Å². The van der Waals surface area contributed by atoms with Crippen LogP contribution in [0, 0.1) is 5.92 Å². The van der Waals surface area contributed by atoms with Gasteiger partial charge in [0.15, 0.2) is 11.5 Å². The minimum absolute atomic E-state index is 0.0296. The molecule has 3 aliphatic carbocycles. The Morgan fingerprint density at radius 2 is 2.04 bits per heavy atom. The summed E-state index contributed by atoms with van der Waals surface area (Å²) in [5, 5.41) is 22.5. The molecule has 0 aromatic heterocycles. The zero-order valence-corrected chi connectivity index (χ0v) is 14.7. The molecule has 1 saturated heterocycles. The number of piperidine rings is 1. The zero-order chi connectivity index (χ0) is 16.8. The van der Waals surface area contributed by atoms with E-state index in [0.717, 1.165) is 56.7 Å². The van der Waals surface area contributed by atoms with Gasteiger partial charge in [0.1, 0.15) is 6.10 Å². The predicted octanol–water partition coefficient (Wildman–Crippen LogP) is 2.74. The lowest BCUT2D eigenvalue weighted by atomic mass is 9.49. The molecule has 134 valence electrons. The van der Waals surface area contributed by atoms with Crippen LogP contribution >= 0.6 is 0 Å². The maximum atomic E-state index is 12.1. The maximum Gasteiger partial charge on any atom is 0.165 e. The van der Waals surface area contributed by atoms with E-state index in [1.54, 1.807) is 6.07 Å². The van der Waals surface area contributed by atoms with Crippen LogP contribution in [0.25, 0.3) is 0 Å². The van der Waals surface area contributed by atoms with Gasteiger partial charge in [0.25, 0.3) is 0 Å². The number of phenols is 1. The normalized spacial score (nSPS) is 41.8. The molecule has 2 saturated carbocycles. The first-order valence-electron chi connectivity index (χ1n) is 10.1. The van der Waals surface area contributed by atoms with E-state index in [-0.39, 0.29) is 23.3 Å². The van der Waals surface area contributed by atoms with Gasteiger partial charge in [-0.2, -0.15) is 0 Å². The second-order valence-corrected chi connectivity index (χ2v) is 9.10. The SMILES string of the molecule is Oc1ccc2c3c1O[C@H]1CCCC4(O)[C@@H](C2)N(CC2CCC2)CC[C@]314. The van der Waals surface area contributed by atoms with Crippen molar-refractivity contribution in [2.24, 2.45) is 5.92 Å². The fraction of sp³-hybridized carbons (Fsp3) is 0.714. The summed E-state index contributed by atoms with van der Waals surface area (Å²) in [7, 11) is 0. The van der Waals surface area contributed by atoms with Crippen molar-refractivity contribution in [3.05, 3.63) is 23.3 Å². The van der Waals surface area contributed by atoms with E-state index in [1.807, 2.05) is 0 Å². The van der Waals surface area contributed by atoms with E-state index >= 15 is 0 Å². The highest BCUT2D eigenvalue weighted by Crippen LogP contribution is 2.65. The van der Waals surface area contributed by atoms with Crippen molar-refractivity contribution in [2.75, 3.05) is 13.1 Å². The molecule has 3 fully saturated rings. The van der Waals surface area contributed by atoms with E-state index < -0.39 is 5.60 Å². The third-order valence-electron chi connectivity index (χ3n) is 8.19. The molecule has 4 heteroatoms. The molecule has 2 N–H and O–H groups in total. The van der Waals surface area contributed by atoms with Gasteiger partial charge in [-0.15, -0.1) is 0 Å². The van der Waals surface area contributed by atoms with Gasteiger partial charge < -0.3 is 14.9 Å². The zero-order valence-electron chi connectivity index (χ0n) is 14.7. The van der Waals surface area contributed by atoms with Gasteiger partial charge in [-0.05, 0) is 69.0 Å². The molecule has 5 aliphatic rings. The second kappa shape index (κ2) is 4.72. The topological polar surface area (TPSA) is 52.9 Å². The first-order valence-corrected chi connectivity index (χ1v) is 10.1. The molecule has 1 spiro atoms. The molecule has 1 unspecified atom stereocenters. The first-order chi connectivity index (χ1) is 12.1. The molecule has 2 bridgehead atoms. The summed E-state index contributed by atoms with van der Waals surface area (Å²) >= 11 is 0. The van der Waals surface area contributed by atoms with Crippen LogP contribution in [-0.2, 0) is 11.8 Å². The van der Waals surface area contributed by atoms with Gasteiger partial charge in [0.05, 0.1) is 11.0 Å². The van der Waals surface area contributed by atoms with Crippen molar-refractivity contribution in [2.45, 2.75) is 74.5 Å². The monoisotopic (exact) mass is 341 g/mol. The number of likely N-dealkylation sites (tertiary alicyclic amines) is 1. The smallest absolute Gasteiger partial charge is 0.165 e. The van der Waals surface area contributed by atoms with E-state index in [2.05, 4.69) is 11.0 Å². The summed E-state index contributed by atoms with van der Waals surface area (Å²) in [5.74, 6) is 1.75. The number of aromatic hydroxyl groups is 1. The fourth-order valence-corrected chi connectivity index (χ4v) is 6.85. The molecule has 2 heterocycles. The highest BCUT2D eigenvalue weighted by Gasteiger charge is 2.71. The molecular weight excluding hydrogens is 314 g/mol. The van der Waals surface area contributed by atoms with Crippen LogP contribution in [0.1, 0.15) is 56.1 Å². The Hall–Kier alpha value is -1.26. The Kier molecular flexibility index (Phi) is 2.80. The van der Waals surface area contributed by atoms with Gasteiger partial charge in [0, 0.05) is 18.2 Å². The minimum Gasteiger partial charge on any atom is -0.504 e. The summed E-state index contributed by atoms with van der Waals surface area (Å²) in [6.07, 6.45) is 8.84. The van der Waals surface area contributed by atoms with Crippen molar-refractivity contribution in [1.29, 1.82) is 0 Å². The predicted molar refractivity (Wildman–Crippen MR) is 94.0 cm³/mol. The summed E-state index contributed by atoms with van der Waals surface area (Å²) < 4.78 is 6.29. The minimum atomic E-state index is -0.704. The Morgan fingerprint density at radius 3 is 2.84 bits per heavy atom. The van der Waals surface area contributed by atoms with Crippen LogP contribution in [0.15, 0.2) is 12.1 Å². The Morgan fingerprint density at radius 1 is 1.16 bits per heavy atom. The molecule has 0 radical (unpaired) electrons. The van der Waals surface area contributed by atoms with Crippen LogP contribution in [0.2, 0.25) is 0 Å². The average molecular weight is 341 g/mol. The number of benzene rings is 1. The third-order valence-corrected chi connectivity index (χ3v) is 8.19. The van der Waals surface area contributed by atoms with Crippen molar-refractivity contribution >= 4 is 0 Å². The number of hydrogen-bond acceptors (Lipinski definition) is 4. The van der Waals surface area contributed by atoms with Gasteiger partial charge in [-0.25, -0.2) is 0 Å². The highest BCUT2D eigenvalue weighted by molar-refractivity contribution is 5.62. The number of ether oxygens (including phenoxy) is 1. The Labute approximate surface area is 148 Å². The molecular formula is C21H27NO3. The Balaban J connectivity index is 1.51. The summed E-state index contributed by atoms with van der Waals surface area (Å²) in [6, 6.07) is 4.07. The fourth-order valence-electron chi connectivity index (χ4n) is 6.85. The van der Waals surface area contributed by atoms with Crippen molar-refractivity contribution in [3.8, 4) is 11.5 Å². The lowest BCUT2D eigenvalue weighted by Crippen LogP contribution is -2.75. The number of phenolic OH excluding ortho intramolecular Hbond substituents is 1. The van der Waals surface area contributed by atoms with E-state index in [4.69, 9.17) is 4.74 Å². The van der Waals surface area contributed by atoms with Crippen molar-refractivity contribution in [3.63, 3.8) is 0 Å². The van der Waals surface area contributed by atoms with E-state index in [9.17, 15) is 10.2 Å². The Bertz CT molecular complexity index is 745. The molecule has 4 nitrogen and oxygen atoms in total. The van der Waals surface area contributed by atoms with Crippen LogP contribution in [0.3, 0.4) is 0 Å². The standard InChI is InChI=1S/C21H27NO3/c23-15-7-6-14-11-16-21(24)8-2-5-17-20(21,18(14)19(15)25-17)9-10-22(16)12-13-3-1-4-13/h6-7,13,16-17,23-24H,1-5,8-12H2/t16-,17+,20-,21?/m1/s1. The first kappa shape index (κ1) is 14.9.